The highest BCUT2D eigenvalue weighted by molar-refractivity contribution is 5.48. The van der Waals surface area contributed by atoms with Gasteiger partial charge in [-0.25, -0.2) is 0 Å². The van der Waals surface area contributed by atoms with Crippen molar-refractivity contribution in [3.63, 3.8) is 0 Å². The third-order valence-corrected chi connectivity index (χ3v) is 5.01. The lowest BCUT2D eigenvalue weighted by atomic mass is 9.99. The molecule has 2 heterocycles. The fourth-order valence-corrected chi connectivity index (χ4v) is 3.21. The van der Waals surface area contributed by atoms with Crippen molar-refractivity contribution in [1.82, 2.24) is 0 Å². The first-order valence-electron chi connectivity index (χ1n) is 9.68. The molecule has 6 N–H and O–H groups in total. The quantitative estimate of drug-likeness (QED) is 0.286. The molecule has 0 bridgehead atoms. The molecule has 0 aromatic heterocycles. The zero-order valence-corrected chi connectivity index (χ0v) is 16.2. The van der Waals surface area contributed by atoms with Crippen molar-refractivity contribution >= 4 is 6.08 Å². The van der Waals surface area contributed by atoms with Crippen LogP contribution in [0.15, 0.2) is 36.4 Å². The van der Waals surface area contributed by atoms with Crippen LogP contribution in [0.5, 0.6) is 0 Å². The molecule has 1 aromatic carbocycles. The van der Waals surface area contributed by atoms with E-state index in [4.69, 9.17) is 18.9 Å². The summed E-state index contributed by atoms with van der Waals surface area (Å²) in [7, 11) is 0. The molecular weight excluding hydrogens is 400 g/mol. The van der Waals surface area contributed by atoms with Gasteiger partial charge in [0.15, 0.2) is 12.6 Å². The van der Waals surface area contributed by atoms with Crippen molar-refractivity contribution in [3.05, 3.63) is 42.0 Å². The van der Waals surface area contributed by atoms with E-state index in [-0.39, 0.29) is 19.8 Å². The van der Waals surface area contributed by atoms with Gasteiger partial charge in [0.25, 0.3) is 0 Å². The molecule has 2 saturated heterocycles. The number of aliphatic hydroxyl groups excluding tert-OH is 6. The molecule has 2 fully saturated rings. The summed E-state index contributed by atoms with van der Waals surface area (Å²) < 4.78 is 21.5. The summed E-state index contributed by atoms with van der Waals surface area (Å²) in [6.45, 7) is -0.478. The van der Waals surface area contributed by atoms with E-state index in [1.165, 1.54) is 0 Å². The number of hydrogen-bond donors (Lipinski definition) is 6. The van der Waals surface area contributed by atoms with Gasteiger partial charge in [0, 0.05) is 0 Å². The van der Waals surface area contributed by atoms with Gasteiger partial charge in [0.05, 0.1) is 19.8 Å². The lowest BCUT2D eigenvalue weighted by molar-refractivity contribution is -0.319. The van der Waals surface area contributed by atoms with Crippen molar-refractivity contribution in [2.45, 2.75) is 55.3 Å². The largest absolute Gasteiger partial charge is 0.388 e. The second-order valence-electron chi connectivity index (χ2n) is 7.24. The van der Waals surface area contributed by atoms with Gasteiger partial charge >= 0.3 is 0 Å². The highest BCUT2D eigenvalue weighted by Crippen LogP contribution is 2.24. The molecular formula is C20H28O10. The van der Waals surface area contributed by atoms with E-state index in [1.54, 1.807) is 6.08 Å². The Bertz CT molecular complexity index is 671. The van der Waals surface area contributed by atoms with Crippen molar-refractivity contribution in [3.8, 4) is 0 Å². The predicted octanol–water partition coefficient (Wildman–Crippen LogP) is -2.02. The van der Waals surface area contributed by atoms with Crippen LogP contribution in [-0.4, -0.2) is 106 Å². The van der Waals surface area contributed by atoms with Crippen molar-refractivity contribution in [1.29, 1.82) is 0 Å². The van der Waals surface area contributed by atoms with E-state index < -0.39 is 55.3 Å². The first-order valence-corrected chi connectivity index (χ1v) is 9.68. The van der Waals surface area contributed by atoms with Gasteiger partial charge in [-0.05, 0) is 5.56 Å². The van der Waals surface area contributed by atoms with E-state index in [9.17, 15) is 30.6 Å². The third kappa shape index (κ3) is 5.62. The Balaban J connectivity index is 1.52. The molecule has 168 valence electrons. The zero-order chi connectivity index (χ0) is 21.7. The van der Waals surface area contributed by atoms with Gasteiger partial charge in [-0.2, -0.15) is 0 Å². The normalized spacial score (nSPS) is 40.0. The minimum atomic E-state index is -1.54. The minimum absolute atomic E-state index is 0.0849. The average molecular weight is 428 g/mol. The molecule has 9 atom stereocenters. The van der Waals surface area contributed by atoms with Crippen LogP contribution in [0.1, 0.15) is 5.56 Å². The molecule has 0 saturated carbocycles. The summed E-state index contributed by atoms with van der Waals surface area (Å²) in [5, 5.41) is 59.4. The maximum absolute atomic E-state index is 10.2. The Kier molecular flexibility index (Phi) is 8.31. The van der Waals surface area contributed by atoms with Crippen molar-refractivity contribution in [2.75, 3.05) is 19.8 Å². The van der Waals surface area contributed by atoms with Crippen LogP contribution in [0, 0.1) is 0 Å². The molecule has 10 heteroatoms. The Morgan fingerprint density at radius 3 is 2.27 bits per heavy atom. The molecule has 0 spiro atoms. The van der Waals surface area contributed by atoms with Gasteiger partial charge in [-0.3, -0.25) is 0 Å². The second kappa shape index (κ2) is 10.7. The monoisotopic (exact) mass is 428 g/mol. The highest BCUT2D eigenvalue weighted by atomic mass is 16.7. The van der Waals surface area contributed by atoms with E-state index >= 15 is 0 Å². The molecule has 0 unspecified atom stereocenters. The van der Waals surface area contributed by atoms with E-state index in [2.05, 4.69) is 0 Å². The fraction of sp³-hybridized carbons (Fsp3) is 0.600. The van der Waals surface area contributed by atoms with Crippen LogP contribution in [-0.2, 0) is 18.9 Å². The smallest absolute Gasteiger partial charge is 0.187 e. The number of ether oxygens (including phenoxy) is 4. The summed E-state index contributed by atoms with van der Waals surface area (Å²) in [5.41, 5.74) is 0.964. The third-order valence-electron chi connectivity index (χ3n) is 5.01. The average Bonchev–Trinajstić information content (AvgIpc) is 2.76. The van der Waals surface area contributed by atoms with Gasteiger partial charge in [0.2, 0.25) is 0 Å². The fourth-order valence-electron chi connectivity index (χ4n) is 3.21. The lowest BCUT2D eigenvalue weighted by Gasteiger charge is -2.41. The van der Waals surface area contributed by atoms with Crippen LogP contribution in [0.4, 0.5) is 0 Å². The second-order valence-corrected chi connectivity index (χ2v) is 7.24. The van der Waals surface area contributed by atoms with E-state index in [0.717, 1.165) is 5.56 Å². The van der Waals surface area contributed by atoms with E-state index in [1.807, 2.05) is 36.4 Å². The molecule has 10 nitrogen and oxygen atoms in total. The Labute approximate surface area is 173 Å². The standard InChI is InChI=1S/C20H28O10/c21-12-9-28-19(17(25)14(12)22)29-10-13-15(23)16(24)18(26)20(30-13)27-8-4-7-11-5-2-1-3-6-11/h1-7,12-26H,8-10H2/t12-,13-,14+,15-,16+,17-,18-,19+,20-/m1/s1. The molecule has 0 amide bonds. The topological polar surface area (TPSA) is 158 Å². The molecule has 2 aliphatic rings. The first-order chi connectivity index (χ1) is 14.4. The maximum Gasteiger partial charge on any atom is 0.187 e. The number of benzene rings is 1. The van der Waals surface area contributed by atoms with Gasteiger partial charge in [-0.1, -0.05) is 42.5 Å². The minimum Gasteiger partial charge on any atom is -0.388 e. The van der Waals surface area contributed by atoms with Crippen LogP contribution < -0.4 is 0 Å². The maximum atomic E-state index is 10.2. The number of hydrogen-bond acceptors (Lipinski definition) is 10. The first kappa shape index (κ1) is 23.2. The SMILES string of the molecule is O[C@@H]1[C@@H](O)[C@H](OCC=Cc2ccccc2)O[C@H](CO[C@@H]2OC[C@@H](O)[C@H](O)[C@H]2O)[C@H]1O. The van der Waals surface area contributed by atoms with Gasteiger partial charge in [-0.15, -0.1) is 0 Å². The van der Waals surface area contributed by atoms with E-state index in [0.29, 0.717) is 0 Å². The zero-order valence-electron chi connectivity index (χ0n) is 16.2. The van der Waals surface area contributed by atoms with Gasteiger partial charge in [0.1, 0.15) is 42.7 Å². The van der Waals surface area contributed by atoms with Crippen LogP contribution in [0.3, 0.4) is 0 Å². The number of aliphatic hydroxyl groups is 6. The van der Waals surface area contributed by atoms with Crippen molar-refractivity contribution < 1.29 is 49.6 Å². The summed E-state index contributed by atoms with van der Waals surface area (Å²) >= 11 is 0. The van der Waals surface area contributed by atoms with Crippen LogP contribution >= 0.6 is 0 Å². The Morgan fingerprint density at radius 1 is 0.833 bits per heavy atom. The molecule has 0 aliphatic carbocycles. The molecule has 1 aromatic rings. The summed E-state index contributed by atoms with van der Waals surface area (Å²) in [6, 6.07) is 9.50. The van der Waals surface area contributed by atoms with Gasteiger partial charge < -0.3 is 49.6 Å². The lowest BCUT2D eigenvalue weighted by Crippen LogP contribution is -2.60. The summed E-state index contributed by atoms with van der Waals surface area (Å²) in [5.74, 6) is 0. The molecule has 0 radical (unpaired) electrons. The van der Waals surface area contributed by atoms with Crippen LogP contribution in [0.2, 0.25) is 0 Å². The summed E-state index contributed by atoms with van der Waals surface area (Å²) in [6.07, 6.45) is -8.71. The molecule has 3 rings (SSSR count). The van der Waals surface area contributed by atoms with Crippen molar-refractivity contribution in [2.24, 2.45) is 0 Å². The molecule has 30 heavy (non-hydrogen) atoms. The Hall–Kier alpha value is -1.44. The summed E-state index contributed by atoms with van der Waals surface area (Å²) in [4.78, 5) is 0. The molecule has 2 aliphatic heterocycles. The van der Waals surface area contributed by atoms with Crippen LogP contribution in [0.25, 0.3) is 6.08 Å². The number of rotatable bonds is 7. The Morgan fingerprint density at radius 2 is 1.53 bits per heavy atom. The predicted molar refractivity (Wildman–Crippen MR) is 102 cm³/mol. The highest BCUT2D eigenvalue weighted by Gasteiger charge is 2.45.